The number of aromatic nitrogens is 2. The third kappa shape index (κ3) is 3.21. The number of nitrogens with zero attached hydrogens (tertiary/aromatic N) is 1. The average molecular weight is 364 g/mol. The lowest BCUT2D eigenvalue weighted by atomic mass is 10.2. The number of carbonyl (C=O) groups is 1. The number of amides is 1. The molecule has 0 radical (unpaired) electrons. The van der Waals surface area contributed by atoms with Gasteiger partial charge in [-0.05, 0) is 25.1 Å². The Kier molecular flexibility index (Phi) is 4.23. The molecule has 3 aromatic rings. The minimum atomic E-state index is -3.85. The van der Waals surface area contributed by atoms with Gasteiger partial charge in [-0.25, -0.2) is 18.4 Å². The number of hydrogen-bond acceptors (Lipinski definition) is 6. The fraction of sp³-hybridized carbons (Fsp3) is 0.200. The molecule has 9 nitrogen and oxygen atoms in total. The van der Waals surface area contributed by atoms with Crippen LogP contribution in [0.5, 0.6) is 11.8 Å². The minimum absolute atomic E-state index is 0.0219. The van der Waals surface area contributed by atoms with E-state index in [1.807, 2.05) is 0 Å². The molecule has 0 bridgehead atoms. The molecule has 132 valence electrons. The van der Waals surface area contributed by atoms with Crippen LogP contribution in [0.3, 0.4) is 0 Å². The number of rotatable bonds is 4. The maximum Gasteiger partial charge on any atom is 0.413 e. The second-order valence-corrected chi connectivity index (χ2v) is 6.70. The summed E-state index contributed by atoms with van der Waals surface area (Å²) in [5.41, 5.74) is 1.08. The standard InChI is InChI=1S/C15H16N4O5S/c1-3-23-12-7-10-9-6-8(25(16,21)22)4-5-11(9)18-13(10)14(19-12)24-15(20)17-2/h4-7,18H,3H2,1-2H3,(H,17,20)(H2,16,21,22). The van der Waals surface area contributed by atoms with Crippen LogP contribution in [0, 0.1) is 0 Å². The highest BCUT2D eigenvalue weighted by atomic mass is 32.2. The molecule has 25 heavy (non-hydrogen) atoms. The Morgan fingerprint density at radius 3 is 2.72 bits per heavy atom. The zero-order valence-corrected chi connectivity index (χ0v) is 14.3. The molecule has 0 aliphatic heterocycles. The monoisotopic (exact) mass is 364 g/mol. The Labute approximate surface area is 143 Å². The lowest BCUT2D eigenvalue weighted by Crippen LogP contribution is -2.22. The highest BCUT2D eigenvalue weighted by molar-refractivity contribution is 7.89. The first-order valence-electron chi connectivity index (χ1n) is 7.35. The van der Waals surface area contributed by atoms with Crippen LogP contribution in [-0.4, -0.2) is 38.1 Å². The summed E-state index contributed by atoms with van der Waals surface area (Å²) >= 11 is 0. The molecule has 1 amide bonds. The van der Waals surface area contributed by atoms with Gasteiger partial charge in [0, 0.05) is 29.4 Å². The van der Waals surface area contributed by atoms with Crippen molar-refractivity contribution in [2.75, 3.05) is 13.7 Å². The topological polar surface area (TPSA) is 136 Å². The van der Waals surface area contributed by atoms with Crippen LogP contribution in [0.15, 0.2) is 29.2 Å². The van der Waals surface area contributed by atoms with Gasteiger partial charge in [0.05, 0.1) is 11.5 Å². The van der Waals surface area contributed by atoms with E-state index in [-0.39, 0.29) is 16.7 Å². The van der Waals surface area contributed by atoms with Crippen LogP contribution >= 0.6 is 0 Å². The first-order chi connectivity index (χ1) is 11.8. The number of carbonyl (C=O) groups excluding carboxylic acids is 1. The van der Waals surface area contributed by atoms with Crippen molar-refractivity contribution in [3.05, 3.63) is 24.3 Å². The van der Waals surface area contributed by atoms with Gasteiger partial charge in [0.2, 0.25) is 15.9 Å². The number of hydrogen-bond donors (Lipinski definition) is 3. The molecule has 0 spiro atoms. The largest absolute Gasteiger partial charge is 0.478 e. The van der Waals surface area contributed by atoms with Crippen LogP contribution in [0.1, 0.15) is 6.92 Å². The Morgan fingerprint density at radius 1 is 1.32 bits per heavy atom. The van der Waals surface area contributed by atoms with Crippen molar-refractivity contribution in [1.29, 1.82) is 0 Å². The molecular weight excluding hydrogens is 348 g/mol. The molecule has 3 rings (SSSR count). The quantitative estimate of drug-likeness (QED) is 0.641. The van der Waals surface area contributed by atoms with Gasteiger partial charge in [-0.2, -0.15) is 4.98 Å². The number of fused-ring (bicyclic) bond motifs is 3. The van der Waals surface area contributed by atoms with Gasteiger partial charge in [-0.15, -0.1) is 0 Å². The predicted molar refractivity (Wildman–Crippen MR) is 91.2 cm³/mol. The van der Waals surface area contributed by atoms with E-state index in [4.69, 9.17) is 14.6 Å². The average Bonchev–Trinajstić information content (AvgIpc) is 2.92. The summed E-state index contributed by atoms with van der Waals surface area (Å²) in [5.74, 6) is 0.268. The molecule has 0 aliphatic rings. The molecule has 4 N–H and O–H groups in total. The zero-order valence-electron chi connectivity index (χ0n) is 13.5. The van der Waals surface area contributed by atoms with Crippen LogP contribution in [-0.2, 0) is 10.0 Å². The molecule has 0 atom stereocenters. The van der Waals surface area contributed by atoms with E-state index in [2.05, 4.69) is 15.3 Å². The Bertz CT molecular complexity index is 1070. The first kappa shape index (κ1) is 17.0. The second-order valence-electron chi connectivity index (χ2n) is 5.14. The van der Waals surface area contributed by atoms with Crippen molar-refractivity contribution in [2.45, 2.75) is 11.8 Å². The number of sulfonamides is 1. The summed E-state index contributed by atoms with van der Waals surface area (Å²) in [6.07, 6.45) is -0.689. The summed E-state index contributed by atoms with van der Waals surface area (Å²) in [6, 6.07) is 6.06. The van der Waals surface area contributed by atoms with Gasteiger partial charge in [-0.3, -0.25) is 0 Å². The van der Waals surface area contributed by atoms with Crippen molar-refractivity contribution in [1.82, 2.24) is 15.3 Å². The molecule has 0 saturated carbocycles. The van der Waals surface area contributed by atoms with E-state index in [1.54, 1.807) is 19.1 Å². The number of nitrogens with one attached hydrogen (secondary N) is 2. The van der Waals surface area contributed by atoms with Crippen LogP contribution < -0.4 is 19.9 Å². The molecule has 0 saturated heterocycles. The number of benzene rings is 1. The SMILES string of the molecule is CCOc1cc2c([nH]c3ccc(S(N)(=O)=O)cc32)c(OC(=O)NC)n1. The number of ether oxygens (including phenoxy) is 2. The maximum absolute atomic E-state index is 11.6. The summed E-state index contributed by atoms with van der Waals surface area (Å²) in [6.45, 7) is 2.15. The minimum Gasteiger partial charge on any atom is -0.478 e. The van der Waals surface area contributed by atoms with E-state index in [0.29, 0.717) is 28.4 Å². The summed E-state index contributed by atoms with van der Waals surface area (Å²) in [7, 11) is -2.42. The number of primary sulfonamides is 1. The van der Waals surface area contributed by atoms with Gasteiger partial charge in [0.25, 0.3) is 5.88 Å². The van der Waals surface area contributed by atoms with Gasteiger partial charge >= 0.3 is 6.09 Å². The van der Waals surface area contributed by atoms with E-state index in [0.717, 1.165) is 0 Å². The molecule has 10 heteroatoms. The molecule has 2 aromatic heterocycles. The molecule has 0 unspecified atom stereocenters. The number of pyridine rings is 1. The van der Waals surface area contributed by atoms with Gasteiger partial charge < -0.3 is 19.8 Å². The molecule has 2 heterocycles. The second kappa shape index (κ2) is 6.22. The van der Waals surface area contributed by atoms with Crippen molar-refractivity contribution in [3.8, 4) is 11.8 Å². The highest BCUT2D eigenvalue weighted by Gasteiger charge is 2.18. The van der Waals surface area contributed by atoms with Gasteiger partial charge in [0.1, 0.15) is 5.52 Å². The number of nitrogens with two attached hydrogens (primary N) is 1. The Hall–Kier alpha value is -2.85. The summed E-state index contributed by atoms with van der Waals surface area (Å²) in [5, 5.41) is 8.72. The normalized spacial score (nSPS) is 11.6. The van der Waals surface area contributed by atoms with Crippen molar-refractivity contribution in [2.24, 2.45) is 5.14 Å². The van der Waals surface area contributed by atoms with Gasteiger partial charge in [0.15, 0.2) is 0 Å². The van der Waals surface area contributed by atoms with Crippen LogP contribution in [0.4, 0.5) is 4.79 Å². The van der Waals surface area contributed by atoms with Crippen molar-refractivity contribution < 1.29 is 22.7 Å². The van der Waals surface area contributed by atoms with Crippen molar-refractivity contribution in [3.63, 3.8) is 0 Å². The number of aromatic amines is 1. The van der Waals surface area contributed by atoms with E-state index in [1.165, 1.54) is 19.2 Å². The third-order valence-corrected chi connectivity index (χ3v) is 4.43. The Balaban J connectivity index is 2.30. The highest BCUT2D eigenvalue weighted by Crippen LogP contribution is 2.34. The van der Waals surface area contributed by atoms with Gasteiger partial charge in [-0.1, -0.05) is 0 Å². The molecule has 0 aliphatic carbocycles. The molecular formula is C15H16N4O5S. The van der Waals surface area contributed by atoms with E-state index in [9.17, 15) is 13.2 Å². The first-order valence-corrected chi connectivity index (χ1v) is 8.89. The lowest BCUT2D eigenvalue weighted by Gasteiger charge is -2.07. The summed E-state index contributed by atoms with van der Waals surface area (Å²) < 4.78 is 33.8. The fourth-order valence-electron chi connectivity index (χ4n) is 2.43. The smallest absolute Gasteiger partial charge is 0.413 e. The Morgan fingerprint density at radius 2 is 2.08 bits per heavy atom. The zero-order chi connectivity index (χ0) is 18.2. The third-order valence-electron chi connectivity index (χ3n) is 3.52. The molecule has 1 aromatic carbocycles. The van der Waals surface area contributed by atoms with E-state index < -0.39 is 16.1 Å². The lowest BCUT2D eigenvalue weighted by molar-refractivity contribution is 0.201. The number of H-pyrrole nitrogens is 1. The predicted octanol–water partition coefficient (Wildman–Crippen LogP) is 1.48. The van der Waals surface area contributed by atoms with Crippen LogP contribution in [0.25, 0.3) is 21.8 Å². The summed E-state index contributed by atoms with van der Waals surface area (Å²) in [4.78, 5) is 18.8. The van der Waals surface area contributed by atoms with E-state index >= 15 is 0 Å². The van der Waals surface area contributed by atoms with Crippen LogP contribution in [0.2, 0.25) is 0 Å². The maximum atomic E-state index is 11.6. The molecule has 0 fully saturated rings. The fourth-order valence-corrected chi connectivity index (χ4v) is 2.97. The van der Waals surface area contributed by atoms with Crippen molar-refractivity contribution >= 4 is 37.9 Å².